The van der Waals surface area contributed by atoms with Gasteiger partial charge in [0.05, 0.1) is 5.37 Å². The number of carbonyl (C=O) groups excluding carboxylic acids is 2. The molecule has 1 aliphatic heterocycles. The minimum atomic E-state index is -0.404. The Morgan fingerprint density at radius 2 is 1.89 bits per heavy atom. The standard InChI is InChI=1S/C21H29ClN2O2S/c1-3-14(2)23-19(25)18-13-27-21(16-7-5-4-6-8-16)24(18)20(26)15-9-11-17(22)12-10-15/h9-12,14,16,18,21H,3-8,13H2,1-2H3,(H,23,25). The Hall–Kier alpha value is -1.20. The van der Waals surface area contributed by atoms with Crippen LogP contribution < -0.4 is 5.32 Å². The number of amides is 2. The summed E-state index contributed by atoms with van der Waals surface area (Å²) in [5, 5.41) is 3.77. The van der Waals surface area contributed by atoms with Gasteiger partial charge in [0.15, 0.2) is 0 Å². The molecule has 1 N–H and O–H groups in total. The number of rotatable bonds is 5. The predicted molar refractivity (Wildman–Crippen MR) is 112 cm³/mol. The third kappa shape index (κ3) is 4.80. The number of hydrogen-bond acceptors (Lipinski definition) is 3. The van der Waals surface area contributed by atoms with Crippen LogP contribution >= 0.6 is 23.4 Å². The van der Waals surface area contributed by atoms with Gasteiger partial charge in [0.2, 0.25) is 5.91 Å². The van der Waals surface area contributed by atoms with Crippen molar-refractivity contribution < 1.29 is 9.59 Å². The van der Waals surface area contributed by atoms with Crippen molar-refractivity contribution in [2.45, 2.75) is 69.8 Å². The quantitative estimate of drug-likeness (QED) is 0.766. The summed E-state index contributed by atoms with van der Waals surface area (Å²) in [4.78, 5) is 28.1. The molecule has 1 saturated heterocycles. The van der Waals surface area contributed by atoms with Crippen molar-refractivity contribution in [3.63, 3.8) is 0 Å². The largest absolute Gasteiger partial charge is 0.352 e. The van der Waals surface area contributed by atoms with E-state index < -0.39 is 6.04 Å². The van der Waals surface area contributed by atoms with E-state index in [2.05, 4.69) is 12.2 Å². The molecule has 3 unspecified atom stereocenters. The number of nitrogens with zero attached hydrogens (tertiary/aromatic N) is 1. The molecule has 1 aromatic rings. The molecule has 27 heavy (non-hydrogen) atoms. The maximum Gasteiger partial charge on any atom is 0.255 e. The Bertz CT molecular complexity index is 661. The molecule has 0 aromatic heterocycles. The van der Waals surface area contributed by atoms with Crippen LogP contribution in [-0.2, 0) is 4.79 Å². The van der Waals surface area contributed by atoms with Crippen LogP contribution in [0.3, 0.4) is 0 Å². The molecular weight excluding hydrogens is 380 g/mol. The van der Waals surface area contributed by atoms with E-state index in [1.165, 1.54) is 19.3 Å². The first-order valence-corrected chi connectivity index (χ1v) is 11.4. The van der Waals surface area contributed by atoms with Gasteiger partial charge in [-0.1, -0.05) is 37.8 Å². The molecule has 1 aromatic carbocycles. The molecular formula is C21H29ClN2O2S. The van der Waals surface area contributed by atoms with Crippen LogP contribution in [0.1, 0.15) is 62.7 Å². The zero-order valence-corrected chi connectivity index (χ0v) is 17.7. The molecule has 2 amide bonds. The third-order valence-electron chi connectivity index (χ3n) is 5.72. The lowest BCUT2D eigenvalue weighted by Gasteiger charge is -2.35. The van der Waals surface area contributed by atoms with Crippen molar-refractivity contribution in [1.82, 2.24) is 10.2 Å². The van der Waals surface area contributed by atoms with Crippen LogP contribution in [0, 0.1) is 5.92 Å². The SMILES string of the molecule is CCC(C)NC(=O)C1CSC(C2CCCCC2)N1C(=O)c1ccc(Cl)cc1. The molecule has 3 atom stereocenters. The molecule has 2 aliphatic rings. The van der Waals surface area contributed by atoms with Crippen LogP contribution in [-0.4, -0.2) is 39.9 Å². The van der Waals surface area contributed by atoms with Crippen molar-refractivity contribution in [2.24, 2.45) is 5.92 Å². The smallest absolute Gasteiger partial charge is 0.255 e. The maximum atomic E-state index is 13.4. The number of thioether (sulfide) groups is 1. The van der Waals surface area contributed by atoms with E-state index in [4.69, 9.17) is 11.6 Å². The lowest BCUT2D eigenvalue weighted by Crippen LogP contribution is -2.52. The van der Waals surface area contributed by atoms with Crippen LogP contribution in [0.2, 0.25) is 5.02 Å². The second kappa shape index (κ2) is 9.33. The molecule has 3 rings (SSSR count). The summed E-state index contributed by atoms with van der Waals surface area (Å²) in [6, 6.07) is 6.71. The Labute approximate surface area is 171 Å². The van der Waals surface area contributed by atoms with Crippen molar-refractivity contribution in [2.75, 3.05) is 5.75 Å². The first-order chi connectivity index (χ1) is 13.0. The highest BCUT2D eigenvalue weighted by Gasteiger charge is 2.45. The van der Waals surface area contributed by atoms with Crippen molar-refractivity contribution in [3.8, 4) is 0 Å². The fourth-order valence-corrected chi connectivity index (χ4v) is 5.72. The Morgan fingerprint density at radius 3 is 2.52 bits per heavy atom. The van der Waals surface area contributed by atoms with Crippen molar-refractivity contribution >= 4 is 35.2 Å². The van der Waals surface area contributed by atoms with Crippen molar-refractivity contribution in [1.29, 1.82) is 0 Å². The number of carbonyl (C=O) groups is 2. The van der Waals surface area contributed by atoms with E-state index in [0.29, 0.717) is 22.3 Å². The fourth-order valence-electron chi connectivity index (χ4n) is 3.95. The molecule has 0 radical (unpaired) electrons. The van der Waals surface area contributed by atoms with Gasteiger partial charge >= 0.3 is 0 Å². The Kier molecular flexibility index (Phi) is 7.10. The zero-order valence-electron chi connectivity index (χ0n) is 16.1. The number of nitrogens with one attached hydrogen (secondary N) is 1. The van der Waals surface area contributed by atoms with Gasteiger partial charge in [0, 0.05) is 22.4 Å². The van der Waals surface area contributed by atoms with Crippen LogP contribution in [0.15, 0.2) is 24.3 Å². The van der Waals surface area contributed by atoms with Crippen molar-refractivity contribution in [3.05, 3.63) is 34.9 Å². The number of hydrogen-bond donors (Lipinski definition) is 1. The van der Waals surface area contributed by atoms with Gasteiger partial charge in [0.1, 0.15) is 6.04 Å². The van der Waals surface area contributed by atoms with E-state index in [1.807, 2.05) is 11.8 Å². The van der Waals surface area contributed by atoms with Crippen LogP contribution in [0.25, 0.3) is 0 Å². The van der Waals surface area contributed by atoms with Gasteiger partial charge in [-0.05, 0) is 56.4 Å². The summed E-state index contributed by atoms with van der Waals surface area (Å²) in [5.41, 5.74) is 0.601. The summed E-state index contributed by atoms with van der Waals surface area (Å²) in [6.45, 7) is 4.06. The highest BCUT2D eigenvalue weighted by atomic mass is 35.5. The topological polar surface area (TPSA) is 49.4 Å². The molecule has 1 aliphatic carbocycles. The van der Waals surface area contributed by atoms with E-state index >= 15 is 0 Å². The highest BCUT2D eigenvalue weighted by molar-refractivity contribution is 8.00. The molecule has 1 heterocycles. The van der Waals surface area contributed by atoms with Gasteiger partial charge in [-0.15, -0.1) is 11.8 Å². The van der Waals surface area contributed by atoms with Gasteiger partial charge in [0.25, 0.3) is 5.91 Å². The normalized spacial score (nSPS) is 24.6. The first kappa shape index (κ1) is 20.5. The van der Waals surface area contributed by atoms with Crippen LogP contribution in [0.4, 0.5) is 0 Å². The molecule has 148 valence electrons. The lowest BCUT2D eigenvalue weighted by molar-refractivity contribution is -0.125. The summed E-state index contributed by atoms with van der Waals surface area (Å²) in [5.74, 6) is 1.05. The Morgan fingerprint density at radius 1 is 1.22 bits per heavy atom. The zero-order chi connectivity index (χ0) is 19.4. The summed E-state index contributed by atoms with van der Waals surface area (Å²) in [6.07, 6.45) is 6.87. The summed E-state index contributed by atoms with van der Waals surface area (Å²) < 4.78 is 0. The highest BCUT2D eigenvalue weighted by Crippen LogP contribution is 2.41. The van der Waals surface area contributed by atoms with Gasteiger partial charge < -0.3 is 10.2 Å². The molecule has 0 spiro atoms. The van der Waals surface area contributed by atoms with Gasteiger partial charge in [-0.3, -0.25) is 9.59 Å². The molecule has 0 bridgehead atoms. The van der Waals surface area contributed by atoms with E-state index in [-0.39, 0.29) is 23.2 Å². The predicted octanol–water partition coefficient (Wildman–Crippen LogP) is 4.72. The second-order valence-electron chi connectivity index (χ2n) is 7.67. The van der Waals surface area contributed by atoms with E-state index in [1.54, 1.807) is 36.0 Å². The molecule has 4 nitrogen and oxygen atoms in total. The fraction of sp³-hybridized carbons (Fsp3) is 0.619. The molecule has 2 fully saturated rings. The van der Waals surface area contributed by atoms with E-state index in [0.717, 1.165) is 19.3 Å². The lowest BCUT2D eigenvalue weighted by atomic mass is 9.88. The third-order valence-corrected chi connectivity index (χ3v) is 7.43. The van der Waals surface area contributed by atoms with Gasteiger partial charge in [-0.2, -0.15) is 0 Å². The minimum Gasteiger partial charge on any atom is -0.352 e. The monoisotopic (exact) mass is 408 g/mol. The summed E-state index contributed by atoms with van der Waals surface area (Å²) >= 11 is 7.76. The van der Waals surface area contributed by atoms with Gasteiger partial charge in [-0.25, -0.2) is 0 Å². The average molecular weight is 409 g/mol. The second-order valence-corrected chi connectivity index (χ2v) is 9.26. The molecule has 1 saturated carbocycles. The van der Waals surface area contributed by atoms with Crippen LogP contribution in [0.5, 0.6) is 0 Å². The minimum absolute atomic E-state index is 0.0301. The maximum absolute atomic E-state index is 13.4. The molecule has 6 heteroatoms. The summed E-state index contributed by atoms with van der Waals surface area (Å²) in [7, 11) is 0. The Balaban J connectivity index is 1.85. The average Bonchev–Trinajstić information content (AvgIpc) is 3.13. The number of benzene rings is 1. The number of halogens is 1. The first-order valence-electron chi connectivity index (χ1n) is 10.0. The van der Waals surface area contributed by atoms with E-state index in [9.17, 15) is 9.59 Å².